The molecule has 0 aliphatic rings. The van der Waals surface area contributed by atoms with Gasteiger partial charge in [0, 0.05) is 10.4 Å². The maximum Gasteiger partial charge on any atom is 0.281 e. The minimum absolute atomic E-state index is 0.0454. The van der Waals surface area contributed by atoms with Crippen molar-refractivity contribution in [3.8, 4) is 11.1 Å². The highest BCUT2D eigenvalue weighted by molar-refractivity contribution is 7.19. The van der Waals surface area contributed by atoms with E-state index in [-0.39, 0.29) is 10.6 Å². The van der Waals surface area contributed by atoms with Crippen molar-refractivity contribution >= 4 is 39.1 Å². The first-order chi connectivity index (χ1) is 13.5. The fourth-order valence-corrected chi connectivity index (χ4v) is 4.23. The molecule has 8 heteroatoms. The predicted octanol–water partition coefficient (Wildman–Crippen LogP) is 4.61. The summed E-state index contributed by atoms with van der Waals surface area (Å²) in [6.45, 7) is 1.93. The van der Waals surface area contributed by atoms with E-state index < -0.39 is 17.3 Å². The summed E-state index contributed by atoms with van der Waals surface area (Å²) in [6, 6.07) is 12.9. The van der Waals surface area contributed by atoms with Crippen LogP contribution >= 0.6 is 22.9 Å². The molecule has 2 aromatic carbocycles. The maximum atomic E-state index is 13.2. The second-order valence-electron chi connectivity index (χ2n) is 6.06. The molecule has 1 N–H and O–H groups in total. The summed E-state index contributed by atoms with van der Waals surface area (Å²) in [4.78, 5) is 31.4. The molecule has 0 radical (unpaired) electrons. The number of aromatic nitrogens is 2. The third-order valence-corrected chi connectivity index (χ3v) is 5.57. The van der Waals surface area contributed by atoms with Crippen molar-refractivity contribution in [1.82, 2.24) is 9.66 Å². The summed E-state index contributed by atoms with van der Waals surface area (Å²) < 4.78 is 14.2. The van der Waals surface area contributed by atoms with E-state index in [2.05, 4.69) is 10.4 Å². The van der Waals surface area contributed by atoms with E-state index in [0.717, 1.165) is 32.8 Å². The standard InChI is InChI=1S/C20H13ClFN3O2S/c1-11-16(12-5-3-2-4-6-12)17-19(28-11)23-10-25(20(17)27)24-18(26)14-8-7-13(22)9-15(14)21/h2-10H,1H3,(H,24,26). The lowest BCUT2D eigenvalue weighted by Crippen LogP contribution is -2.33. The van der Waals surface area contributed by atoms with Gasteiger partial charge in [0.15, 0.2) is 0 Å². The molecule has 0 saturated heterocycles. The molecule has 140 valence electrons. The highest BCUT2D eigenvalue weighted by Crippen LogP contribution is 2.35. The molecule has 28 heavy (non-hydrogen) atoms. The highest BCUT2D eigenvalue weighted by Gasteiger charge is 2.18. The predicted molar refractivity (Wildman–Crippen MR) is 109 cm³/mol. The Morgan fingerprint density at radius 3 is 2.68 bits per heavy atom. The second-order valence-corrected chi connectivity index (χ2v) is 7.67. The molecule has 0 unspecified atom stereocenters. The van der Waals surface area contributed by atoms with Crippen molar-refractivity contribution in [2.24, 2.45) is 0 Å². The topological polar surface area (TPSA) is 64.0 Å². The lowest BCUT2D eigenvalue weighted by Gasteiger charge is -2.09. The first-order valence-electron chi connectivity index (χ1n) is 8.28. The van der Waals surface area contributed by atoms with Crippen LogP contribution in [0, 0.1) is 12.7 Å². The molecule has 4 rings (SSSR count). The Hall–Kier alpha value is -3.03. The van der Waals surface area contributed by atoms with Crippen molar-refractivity contribution in [3.05, 3.63) is 86.5 Å². The lowest BCUT2D eigenvalue weighted by molar-refractivity contribution is 0.101. The van der Waals surface area contributed by atoms with Crippen LogP contribution in [0.5, 0.6) is 0 Å². The lowest BCUT2D eigenvalue weighted by atomic mass is 10.0. The molecule has 2 heterocycles. The van der Waals surface area contributed by atoms with Gasteiger partial charge in [-0.2, -0.15) is 0 Å². The number of aryl methyl sites for hydroxylation is 1. The number of rotatable bonds is 3. The third-order valence-electron chi connectivity index (χ3n) is 4.25. The van der Waals surface area contributed by atoms with Crippen molar-refractivity contribution in [2.45, 2.75) is 6.92 Å². The van der Waals surface area contributed by atoms with Crippen LogP contribution in [0.4, 0.5) is 4.39 Å². The SMILES string of the molecule is Cc1sc2ncn(NC(=O)c3ccc(F)cc3Cl)c(=O)c2c1-c1ccccc1. The molecule has 0 aliphatic carbocycles. The number of nitrogens with one attached hydrogen (secondary N) is 1. The Kier molecular flexibility index (Phi) is 4.70. The molecule has 0 aliphatic heterocycles. The zero-order valence-electron chi connectivity index (χ0n) is 14.6. The van der Waals surface area contributed by atoms with Gasteiger partial charge >= 0.3 is 0 Å². The summed E-state index contributed by atoms with van der Waals surface area (Å²) >= 11 is 7.35. The van der Waals surface area contributed by atoms with Crippen LogP contribution in [-0.4, -0.2) is 15.6 Å². The van der Waals surface area contributed by atoms with Crippen molar-refractivity contribution < 1.29 is 9.18 Å². The Morgan fingerprint density at radius 1 is 1.21 bits per heavy atom. The van der Waals surface area contributed by atoms with Gasteiger partial charge in [-0.05, 0) is 30.7 Å². The van der Waals surface area contributed by atoms with Crippen molar-refractivity contribution in [2.75, 3.05) is 5.43 Å². The molecule has 0 bridgehead atoms. The smallest absolute Gasteiger partial charge is 0.267 e. The number of hydrogen-bond donors (Lipinski definition) is 1. The number of fused-ring (bicyclic) bond motifs is 1. The van der Waals surface area contributed by atoms with Gasteiger partial charge in [-0.25, -0.2) is 14.1 Å². The van der Waals surface area contributed by atoms with Gasteiger partial charge in [0.25, 0.3) is 11.5 Å². The van der Waals surface area contributed by atoms with Gasteiger partial charge in [0.05, 0.1) is 16.0 Å². The molecule has 5 nitrogen and oxygen atoms in total. The van der Waals surface area contributed by atoms with Crippen molar-refractivity contribution in [3.63, 3.8) is 0 Å². The van der Waals surface area contributed by atoms with Crippen LogP contribution in [0.2, 0.25) is 5.02 Å². The summed E-state index contributed by atoms with van der Waals surface area (Å²) in [5.74, 6) is -1.19. The average Bonchev–Trinajstić information content (AvgIpc) is 3.01. The number of amides is 1. The van der Waals surface area contributed by atoms with E-state index in [1.165, 1.54) is 23.7 Å². The van der Waals surface area contributed by atoms with E-state index in [4.69, 9.17) is 11.6 Å². The molecular weight excluding hydrogens is 401 g/mol. The molecule has 4 aromatic rings. The fraction of sp³-hybridized carbons (Fsp3) is 0.0500. The van der Waals surface area contributed by atoms with Crippen LogP contribution in [0.25, 0.3) is 21.3 Å². The van der Waals surface area contributed by atoms with Gasteiger partial charge in [0.2, 0.25) is 0 Å². The van der Waals surface area contributed by atoms with E-state index >= 15 is 0 Å². The van der Waals surface area contributed by atoms with Crippen molar-refractivity contribution in [1.29, 1.82) is 0 Å². The largest absolute Gasteiger partial charge is 0.281 e. The Labute approximate surface area is 168 Å². The van der Waals surface area contributed by atoms with Gasteiger partial charge in [-0.15, -0.1) is 11.3 Å². The minimum Gasteiger partial charge on any atom is -0.267 e. The third kappa shape index (κ3) is 3.19. The molecule has 0 atom stereocenters. The van der Waals surface area contributed by atoms with Gasteiger partial charge in [0.1, 0.15) is 17.0 Å². The number of benzene rings is 2. The second kappa shape index (κ2) is 7.18. The number of halogens is 2. The molecule has 0 saturated carbocycles. The van der Waals surface area contributed by atoms with E-state index in [0.29, 0.717) is 10.2 Å². The van der Waals surface area contributed by atoms with Crippen LogP contribution < -0.4 is 11.0 Å². The average molecular weight is 414 g/mol. The quantitative estimate of drug-likeness (QED) is 0.533. The molecule has 1 amide bonds. The number of carbonyl (C=O) groups excluding carboxylic acids is 1. The first kappa shape index (κ1) is 18.3. The van der Waals surface area contributed by atoms with Crippen LogP contribution in [0.3, 0.4) is 0 Å². The van der Waals surface area contributed by atoms with Crippen LogP contribution in [0.1, 0.15) is 15.2 Å². The zero-order chi connectivity index (χ0) is 19.8. The fourth-order valence-electron chi connectivity index (χ4n) is 2.98. The summed E-state index contributed by atoms with van der Waals surface area (Å²) in [5.41, 5.74) is 3.81. The summed E-state index contributed by atoms with van der Waals surface area (Å²) in [7, 11) is 0. The Balaban J connectivity index is 1.80. The molecule has 0 fully saturated rings. The number of carbonyl (C=O) groups is 1. The van der Waals surface area contributed by atoms with Gasteiger partial charge in [-0.3, -0.25) is 15.0 Å². The first-order valence-corrected chi connectivity index (χ1v) is 9.47. The molecule has 2 aromatic heterocycles. The monoisotopic (exact) mass is 413 g/mol. The molecule has 0 spiro atoms. The highest BCUT2D eigenvalue weighted by atomic mass is 35.5. The van der Waals surface area contributed by atoms with Crippen LogP contribution in [0.15, 0.2) is 59.7 Å². The normalized spacial score (nSPS) is 11.0. The van der Waals surface area contributed by atoms with E-state index in [1.807, 2.05) is 37.3 Å². The van der Waals surface area contributed by atoms with Crippen LogP contribution in [-0.2, 0) is 0 Å². The number of thiophene rings is 1. The van der Waals surface area contributed by atoms with E-state index in [1.54, 1.807) is 0 Å². The Bertz CT molecular complexity index is 1270. The van der Waals surface area contributed by atoms with Gasteiger partial charge in [-0.1, -0.05) is 41.9 Å². The molecular formula is C20H13ClFN3O2S. The van der Waals surface area contributed by atoms with E-state index in [9.17, 15) is 14.0 Å². The van der Waals surface area contributed by atoms with Gasteiger partial charge < -0.3 is 0 Å². The zero-order valence-corrected chi connectivity index (χ0v) is 16.1. The number of nitrogens with zero attached hydrogens (tertiary/aromatic N) is 2. The summed E-state index contributed by atoms with van der Waals surface area (Å²) in [6.07, 6.45) is 1.25. The maximum absolute atomic E-state index is 13.2. The Morgan fingerprint density at radius 2 is 1.96 bits per heavy atom. The minimum atomic E-state index is -0.638. The summed E-state index contributed by atoms with van der Waals surface area (Å²) in [5, 5.41) is 0.387. The number of hydrogen-bond acceptors (Lipinski definition) is 4.